The smallest absolute Gasteiger partial charge is 0.254 e. The second-order valence-corrected chi connectivity index (χ2v) is 6.29. The third-order valence-electron chi connectivity index (χ3n) is 4.64. The van der Waals surface area contributed by atoms with Gasteiger partial charge in [0.2, 0.25) is 0 Å². The molecule has 122 valence electrons. The Morgan fingerprint density at radius 2 is 2.16 bits per heavy atom. The molecule has 0 spiro atoms. The number of rotatable bonds is 3. The van der Waals surface area contributed by atoms with Crippen LogP contribution >= 0.6 is 0 Å². The maximum atomic E-state index is 12.6. The molecule has 1 aromatic heterocycles. The Morgan fingerprint density at radius 1 is 1.36 bits per heavy atom. The van der Waals surface area contributed by atoms with Crippen LogP contribution in [-0.4, -0.2) is 27.5 Å². The number of hydrogen-bond donors (Lipinski definition) is 1. The van der Waals surface area contributed by atoms with Crippen molar-refractivity contribution >= 4 is 16.8 Å². The molecule has 0 unspecified atom stereocenters. The molecule has 0 saturated carbocycles. The minimum Gasteiger partial charge on any atom is -0.329 e. The van der Waals surface area contributed by atoms with E-state index in [4.69, 9.17) is 5.26 Å². The number of nitrogens with one attached hydrogen (secondary N) is 1. The van der Waals surface area contributed by atoms with Crippen molar-refractivity contribution in [2.45, 2.75) is 13.5 Å². The Kier molecular flexibility index (Phi) is 3.40. The monoisotopic (exact) mass is 328 g/mol. The van der Waals surface area contributed by atoms with Crippen molar-refractivity contribution in [3.63, 3.8) is 0 Å². The zero-order valence-electron chi connectivity index (χ0n) is 13.8. The van der Waals surface area contributed by atoms with E-state index in [0.29, 0.717) is 17.7 Å². The Morgan fingerprint density at radius 3 is 2.96 bits per heavy atom. The maximum Gasteiger partial charge on any atom is 0.254 e. The first-order valence-corrected chi connectivity index (χ1v) is 8.02. The number of aromatic amines is 1. The first-order chi connectivity index (χ1) is 12.1. The lowest BCUT2D eigenvalue weighted by Crippen LogP contribution is -2.25. The van der Waals surface area contributed by atoms with E-state index in [-0.39, 0.29) is 12.5 Å². The predicted molar refractivity (Wildman–Crippen MR) is 95.8 cm³/mol. The highest BCUT2D eigenvalue weighted by atomic mass is 16.2. The molecule has 0 atom stereocenters. The summed E-state index contributed by atoms with van der Waals surface area (Å²) in [6.07, 6.45) is 0. The van der Waals surface area contributed by atoms with E-state index in [1.165, 1.54) is 0 Å². The molecule has 1 N–H and O–H groups in total. The van der Waals surface area contributed by atoms with Crippen molar-refractivity contribution in [2.75, 3.05) is 6.54 Å². The molecular formula is C20H16N4O. The van der Waals surface area contributed by atoms with Gasteiger partial charge in [0.25, 0.3) is 5.91 Å². The fourth-order valence-electron chi connectivity index (χ4n) is 3.36. The van der Waals surface area contributed by atoms with Gasteiger partial charge in [-0.05, 0) is 41.8 Å². The molecule has 1 aliphatic heterocycles. The molecule has 2 heterocycles. The van der Waals surface area contributed by atoms with Crippen molar-refractivity contribution < 1.29 is 4.79 Å². The van der Waals surface area contributed by atoms with Crippen LogP contribution in [0.5, 0.6) is 0 Å². The molecule has 0 fully saturated rings. The van der Waals surface area contributed by atoms with Gasteiger partial charge < -0.3 is 4.90 Å². The highest BCUT2D eigenvalue weighted by molar-refractivity contribution is 6.01. The number of nitrogens with zero attached hydrogens (tertiary/aromatic N) is 3. The van der Waals surface area contributed by atoms with E-state index in [1.54, 1.807) is 4.90 Å². The number of carbonyl (C=O) groups excluding carboxylic acids is 1. The van der Waals surface area contributed by atoms with Gasteiger partial charge >= 0.3 is 0 Å². The van der Waals surface area contributed by atoms with Crippen molar-refractivity contribution in [2.24, 2.45) is 0 Å². The fourth-order valence-corrected chi connectivity index (χ4v) is 3.36. The number of hydrogen-bond acceptors (Lipinski definition) is 3. The van der Waals surface area contributed by atoms with Gasteiger partial charge in [-0.15, -0.1) is 0 Å². The lowest BCUT2D eigenvalue weighted by Gasteiger charge is -2.14. The lowest BCUT2D eigenvalue weighted by atomic mass is 9.96. The average molecular weight is 328 g/mol. The summed E-state index contributed by atoms with van der Waals surface area (Å²) >= 11 is 0. The average Bonchev–Trinajstić information content (AvgIpc) is 3.15. The summed E-state index contributed by atoms with van der Waals surface area (Å²) in [4.78, 5) is 14.3. The topological polar surface area (TPSA) is 72.8 Å². The molecule has 1 amide bonds. The van der Waals surface area contributed by atoms with Gasteiger partial charge in [-0.3, -0.25) is 9.89 Å². The van der Waals surface area contributed by atoms with Crippen LogP contribution < -0.4 is 0 Å². The number of amides is 1. The summed E-state index contributed by atoms with van der Waals surface area (Å²) in [7, 11) is 0. The van der Waals surface area contributed by atoms with E-state index in [0.717, 1.165) is 33.3 Å². The Hall–Kier alpha value is -3.39. The third-order valence-corrected chi connectivity index (χ3v) is 4.64. The van der Waals surface area contributed by atoms with Crippen molar-refractivity contribution in [3.8, 4) is 17.2 Å². The summed E-state index contributed by atoms with van der Waals surface area (Å²) in [5.41, 5.74) is 6.13. The molecular weight excluding hydrogens is 312 g/mol. The van der Waals surface area contributed by atoms with E-state index in [1.807, 2.05) is 43.3 Å². The number of benzene rings is 2. The van der Waals surface area contributed by atoms with Crippen LogP contribution in [0.4, 0.5) is 0 Å². The van der Waals surface area contributed by atoms with Crippen LogP contribution in [0.2, 0.25) is 0 Å². The van der Waals surface area contributed by atoms with Gasteiger partial charge in [-0.2, -0.15) is 10.4 Å². The third kappa shape index (κ3) is 2.39. The molecule has 0 saturated heterocycles. The number of nitriles is 1. The molecule has 0 aliphatic carbocycles. The SMILES string of the molecule is C=C(C#N)CN1Cc2c(cccc2-c2ccc3n[nH]c(C)c3c2)C1=O. The minimum atomic E-state index is -0.0474. The maximum absolute atomic E-state index is 12.6. The molecule has 2 aromatic carbocycles. The summed E-state index contributed by atoms with van der Waals surface area (Å²) in [5, 5.41) is 17.3. The zero-order valence-corrected chi connectivity index (χ0v) is 13.8. The first-order valence-electron chi connectivity index (χ1n) is 8.02. The lowest BCUT2D eigenvalue weighted by molar-refractivity contribution is 0.0794. The number of H-pyrrole nitrogens is 1. The van der Waals surface area contributed by atoms with Crippen molar-refractivity contribution in [1.29, 1.82) is 5.26 Å². The van der Waals surface area contributed by atoms with E-state index in [9.17, 15) is 4.79 Å². The second kappa shape index (κ2) is 5.60. The van der Waals surface area contributed by atoms with Gasteiger partial charge in [-0.25, -0.2) is 0 Å². The molecule has 0 radical (unpaired) electrons. The molecule has 0 bridgehead atoms. The van der Waals surface area contributed by atoms with Crippen LogP contribution in [0.1, 0.15) is 21.6 Å². The normalized spacial score (nSPS) is 13.1. The van der Waals surface area contributed by atoms with E-state index in [2.05, 4.69) is 22.8 Å². The Balaban J connectivity index is 1.79. The van der Waals surface area contributed by atoms with Crippen LogP contribution in [0, 0.1) is 18.3 Å². The van der Waals surface area contributed by atoms with Crippen LogP contribution in [0.3, 0.4) is 0 Å². The predicted octanol–water partition coefficient (Wildman–Crippen LogP) is 3.57. The van der Waals surface area contributed by atoms with Crippen LogP contribution in [-0.2, 0) is 6.54 Å². The Bertz CT molecular complexity index is 1070. The minimum absolute atomic E-state index is 0.0474. The van der Waals surface area contributed by atoms with Gasteiger partial charge in [0.05, 0.1) is 18.1 Å². The van der Waals surface area contributed by atoms with Gasteiger partial charge in [0.1, 0.15) is 0 Å². The standard InChI is InChI=1S/C20H16N4O/c1-12(9-21)10-24-11-18-15(4-3-5-16(18)20(24)25)14-6-7-19-17(8-14)13(2)22-23-19/h3-8H,1,10-11H2,2H3,(H,22,23). The second-order valence-electron chi connectivity index (χ2n) is 6.29. The molecule has 3 aromatic rings. The highest BCUT2D eigenvalue weighted by Gasteiger charge is 2.29. The number of fused-ring (bicyclic) bond motifs is 2. The number of aryl methyl sites for hydroxylation is 1. The molecule has 5 nitrogen and oxygen atoms in total. The van der Waals surface area contributed by atoms with Crippen LogP contribution in [0.15, 0.2) is 48.6 Å². The van der Waals surface area contributed by atoms with Crippen LogP contribution in [0.25, 0.3) is 22.0 Å². The summed E-state index contributed by atoms with van der Waals surface area (Å²) in [5.74, 6) is -0.0474. The summed E-state index contributed by atoms with van der Waals surface area (Å²) in [6.45, 7) is 6.44. The highest BCUT2D eigenvalue weighted by Crippen LogP contribution is 2.34. The molecule has 5 heteroatoms. The van der Waals surface area contributed by atoms with E-state index < -0.39 is 0 Å². The summed E-state index contributed by atoms with van der Waals surface area (Å²) < 4.78 is 0. The first kappa shape index (κ1) is 15.2. The molecule has 25 heavy (non-hydrogen) atoms. The number of aromatic nitrogens is 2. The van der Waals surface area contributed by atoms with Gasteiger partial charge in [0.15, 0.2) is 0 Å². The van der Waals surface area contributed by atoms with Gasteiger partial charge in [-0.1, -0.05) is 24.8 Å². The fraction of sp³-hybridized carbons (Fsp3) is 0.150. The number of carbonyl (C=O) groups is 1. The zero-order chi connectivity index (χ0) is 17.6. The Labute approximate surface area is 145 Å². The van der Waals surface area contributed by atoms with Crippen molar-refractivity contribution in [3.05, 3.63) is 65.4 Å². The largest absolute Gasteiger partial charge is 0.329 e. The quantitative estimate of drug-likeness (QED) is 0.747. The van der Waals surface area contributed by atoms with Crippen molar-refractivity contribution in [1.82, 2.24) is 15.1 Å². The van der Waals surface area contributed by atoms with Gasteiger partial charge in [0, 0.05) is 28.8 Å². The molecule has 1 aliphatic rings. The summed E-state index contributed by atoms with van der Waals surface area (Å²) in [6, 6.07) is 13.9. The van der Waals surface area contributed by atoms with E-state index >= 15 is 0 Å². The molecule has 4 rings (SSSR count).